The topological polar surface area (TPSA) is 26.3 Å². The molecular weight excluding hydrogens is 363 g/mol. The largest absolute Gasteiger partial charge is 0.457 e. The third-order valence-electron chi connectivity index (χ3n) is 6.20. The summed E-state index contributed by atoms with van der Waals surface area (Å²) in [5.41, 5.74) is 7.23. The van der Waals surface area contributed by atoms with Gasteiger partial charge in [0.1, 0.15) is 11.5 Å². The first-order valence-corrected chi connectivity index (χ1v) is 10.4. The molecule has 0 amide bonds. The average molecular weight is 390 g/mol. The molecule has 1 saturated carbocycles. The summed E-state index contributed by atoms with van der Waals surface area (Å²) >= 11 is 0. The van der Waals surface area contributed by atoms with Gasteiger partial charge in [-0.1, -0.05) is 61.0 Å². The Kier molecular flexibility index (Phi) is 5.40. The van der Waals surface area contributed by atoms with Gasteiger partial charge in [0, 0.05) is 24.3 Å². The van der Waals surface area contributed by atoms with Crippen molar-refractivity contribution in [1.29, 1.82) is 0 Å². The lowest BCUT2D eigenvalue weighted by atomic mass is 9.80. The molecule has 29 heavy (non-hydrogen) atoms. The molecule has 2 aliphatic rings. The van der Waals surface area contributed by atoms with Gasteiger partial charge in [-0.05, 0) is 54.5 Å². The van der Waals surface area contributed by atoms with E-state index in [0.29, 0.717) is 18.6 Å². The van der Waals surface area contributed by atoms with E-state index in [1.165, 1.54) is 22.3 Å². The van der Waals surface area contributed by atoms with Crippen LogP contribution in [0.3, 0.4) is 0 Å². The minimum atomic E-state index is -1.57. The molecule has 3 atom stereocenters. The van der Waals surface area contributed by atoms with Gasteiger partial charge >= 0.3 is 0 Å². The molecular formula is C26H27FO2. The minimum Gasteiger partial charge on any atom is -0.457 e. The van der Waals surface area contributed by atoms with Gasteiger partial charge in [0.25, 0.3) is 6.36 Å². The second kappa shape index (κ2) is 7.98. The number of benzene rings is 2. The Morgan fingerprint density at radius 1 is 1.34 bits per heavy atom. The van der Waals surface area contributed by atoms with E-state index in [1.54, 1.807) is 0 Å². The summed E-state index contributed by atoms with van der Waals surface area (Å²) in [7, 11) is 0. The number of alkyl halides is 1. The zero-order valence-electron chi connectivity index (χ0n) is 17.1. The van der Waals surface area contributed by atoms with Crippen LogP contribution in [0.25, 0.3) is 6.08 Å². The standard InChI is InChI=1S/C26H27FO2/c1-4-20(28)15-18-7-6-8-23(29-24(27)5-2)26(18)21-12-11-19-14-17-10-9-16(3)13-22(17)25(19)21/h5-10,13-14,21,24-25H,2,4,11-12,15H2,1,3H3/t21?,24?,25-/m0/s1. The molecule has 0 aliphatic heterocycles. The van der Waals surface area contributed by atoms with Crippen LogP contribution in [0.2, 0.25) is 0 Å². The Hall–Kier alpha value is -2.68. The molecule has 4 rings (SSSR count). The molecule has 150 valence electrons. The van der Waals surface area contributed by atoms with Crippen LogP contribution in [0, 0.1) is 6.92 Å². The van der Waals surface area contributed by atoms with Crippen molar-refractivity contribution in [3.05, 3.63) is 82.4 Å². The Bertz CT molecular complexity index is 988. The van der Waals surface area contributed by atoms with Crippen molar-refractivity contribution in [2.45, 2.75) is 57.7 Å². The van der Waals surface area contributed by atoms with Crippen molar-refractivity contribution >= 4 is 11.9 Å². The first-order valence-electron chi connectivity index (χ1n) is 10.4. The Morgan fingerprint density at radius 3 is 2.93 bits per heavy atom. The third kappa shape index (κ3) is 3.66. The lowest BCUT2D eigenvalue weighted by Gasteiger charge is -2.25. The smallest absolute Gasteiger partial charge is 0.257 e. The first kappa shape index (κ1) is 19.6. The zero-order valence-corrected chi connectivity index (χ0v) is 17.1. The predicted molar refractivity (Wildman–Crippen MR) is 115 cm³/mol. The van der Waals surface area contributed by atoms with Crippen LogP contribution in [-0.2, 0) is 11.2 Å². The number of aryl methyl sites for hydroxylation is 1. The molecule has 0 heterocycles. The van der Waals surface area contributed by atoms with Gasteiger partial charge in [0.2, 0.25) is 0 Å². The maximum atomic E-state index is 14.1. The number of rotatable bonds is 7. The summed E-state index contributed by atoms with van der Waals surface area (Å²) in [6.45, 7) is 7.49. The normalized spacial score (nSPS) is 20.6. The maximum Gasteiger partial charge on any atom is 0.257 e. The molecule has 0 aromatic heterocycles. The number of halogens is 1. The summed E-state index contributed by atoms with van der Waals surface area (Å²) in [6, 6.07) is 12.3. The number of Topliss-reactive ketones (excluding diaryl/α,β-unsaturated/α-hetero) is 1. The number of hydrogen-bond acceptors (Lipinski definition) is 2. The fourth-order valence-electron chi connectivity index (χ4n) is 4.86. The van der Waals surface area contributed by atoms with E-state index >= 15 is 0 Å². The van der Waals surface area contributed by atoms with Gasteiger partial charge in [-0.15, -0.1) is 0 Å². The summed E-state index contributed by atoms with van der Waals surface area (Å²) in [5, 5.41) is 0. The van der Waals surface area contributed by atoms with Crippen molar-refractivity contribution in [3.63, 3.8) is 0 Å². The highest BCUT2D eigenvalue weighted by Crippen LogP contribution is 2.56. The van der Waals surface area contributed by atoms with E-state index in [4.69, 9.17) is 4.74 Å². The van der Waals surface area contributed by atoms with E-state index in [2.05, 4.69) is 37.8 Å². The fourth-order valence-corrected chi connectivity index (χ4v) is 4.86. The highest BCUT2D eigenvalue weighted by molar-refractivity contribution is 5.81. The highest BCUT2D eigenvalue weighted by atomic mass is 19.1. The molecule has 2 unspecified atom stereocenters. The van der Waals surface area contributed by atoms with E-state index in [9.17, 15) is 9.18 Å². The van der Waals surface area contributed by atoms with E-state index in [0.717, 1.165) is 30.0 Å². The zero-order chi connectivity index (χ0) is 20.5. The van der Waals surface area contributed by atoms with Crippen LogP contribution in [-0.4, -0.2) is 12.1 Å². The lowest BCUT2D eigenvalue weighted by molar-refractivity contribution is -0.118. The highest BCUT2D eigenvalue weighted by Gasteiger charge is 2.40. The van der Waals surface area contributed by atoms with Gasteiger partial charge in [-0.25, -0.2) is 0 Å². The molecule has 2 aliphatic carbocycles. The number of fused-ring (bicyclic) bond motifs is 3. The van der Waals surface area contributed by atoms with Crippen LogP contribution >= 0.6 is 0 Å². The molecule has 2 aromatic carbocycles. The minimum absolute atomic E-state index is 0.178. The van der Waals surface area contributed by atoms with Crippen molar-refractivity contribution < 1.29 is 13.9 Å². The Balaban J connectivity index is 1.81. The van der Waals surface area contributed by atoms with Gasteiger partial charge in [0.15, 0.2) is 0 Å². The number of carbonyl (C=O) groups excluding carboxylic acids is 1. The van der Waals surface area contributed by atoms with Gasteiger partial charge < -0.3 is 4.74 Å². The first-order chi connectivity index (χ1) is 14.0. The fraction of sp³-hybridized carbons (Fsp3) is 0.346. The van der Waals surface area contributed by atoms with Crippen molar-refractivity contribution in [2.75, 3.05) is 0 Å². The second-order valence-corrected chi connectivity index (χ2v) is 8.08. The molecule has 0 bridgehead atoms. The van der Waals surface area contributed by atoms with Crippen LogP contribution < -0.4 is 4.74 Å². The van der Waals surface area contributed by atoms with Crippen molar-refractivity contribution in [3.8, 4) is 5.75 Å². The van der Waals surface area contributed by atoms with Crippen LogP contribution in [0.15, 0.2) is 54.6 Å². The van der Waals surface area contributed by atoms with Gasteiger partial charge in [-0.3, -0.25) is 4.79 Å². The maximum absolute atomic E-state index is 14.1. The number of ether oxygens (including phenoxy) is 1. The summed E-state index contributed by atoms with van der Waals surface area (Å²) in [5.74, 6) is 1.16. The molecule has 2 aromatic rings. The second-order valence-electron chi connectivity index (χ2n) is 8.08. The van der Waals surface area contributed by atoms with E-state index in [-0.39, 0.29) is 17.6 Å². The Labute approximate surface area is 172 Å². The predicted octanol–water partition coefficient (Wildman–Crippen LogP) is 6.44. The molecule has 0 N–H and O–H groups in total. The number of hydrogen-bond donors (Lipinski definition) is 0. The summed E-state index contributed by atoms with van der Waals surface area (Å²) in [6.07, 6.45) is 4.73. The van der Waals surface area contributed by atoms with Crippen molar-refractivity contribution in [2.24, 2.45) is 0 Å². The molecule has 1 fully saturated rings. The molecule has 0 saturated heterocycles. The quantitative estimate of drug-likeness (QED) is 0.509. The monoisotopic (exact) mass is 390 g/mol. The van der Waals surface area contributed by atoms with E-state index in [1.807, 2.05) is 25.1 Å². The summed E-state index contributed by atoms with van der Waals surface area (Å²) in [4.78, 5) is 12.3. The SMILES string of the molecule is C=CC(F)Oc1cccc(CC(=O)CC)c1C1CCC2=Cc3ccc(C)cc3[C@@H]21. The van der Waals surface area contributed by atoms with Gasteiger partial charge in [-0.2, -0.15) is 4.39 Å². The molecule has 0 radical (unpaired) electrons. The van der Waals surface area contributed by atoms with Crippen LogP contribution in [0.1, 0.15) is 65.8 Å². The molecule has 0 spiro atoms. The summed E-state index contributed by atoms with van der Waals surface area (Å²) < 4.78 is 19.7. The molecule has 2 nitrogen and oxygen atoms in total. The average Bonchev–Trinajstić information content (AvgIpc) is 3.27. The van der Waals surface area contributed by atoms with Crippen molar-refractivity contribution in [1.82, 2.24) is 0 Å². The number of allylic oxidation sites excluding steroid dienone is 1. The Morgan fingerprint density at radius 2 is 2.17 bits per heavy atom. The van der Waals surface area contributed by atoms with E-state index < -0.39 is 6.36 Å². The third-order valence-corrected chi connectivity index (χ3v) is 6.20. The van der Waals surface area contributed by atoms with Crippen LogP contribution in [0.5, 0.6) is 5.75 Å². The number of carbonyl (C=O) groups is 1. The van der Waals surface area contributed by atoms with Gasteiger partial charge in [0.05, 0.1) is 0 Å². The number of ketones is 1. The molecule has 3 heteroatoms. The lowest BCUT2D eigenvalue weighted by Crippen LogP contribution is -2.15. The van der Waals surface area contributed by atoms with Crippen LogP contribution in [0.4, 0.5) is 4.39 Å².